The Kier molecular flexibility index (Phi) is 6.90. The number of fused-ring (bicyclic) bond motifs is 3. The van der Waals surface area contributed by atoms with Gasteiger partial charge in [-0.15, -0.1) is 0 Å². The van der Waals surface area contributed by atoms with Gasteiger partial charge in [0.25, 0.3) is 0 Å². The molecule has 0 saturated heterocycles. The minimum atomic E-state index is -0.389. The zero-order valence-electron chi connectivity index (χ0n) is 21.7. The molecule has 0 amide bonds. The van der Waals surface area contributed by atoms with E-state index in [-0.39, 0.29) is 5.82 Å². The van der Waals surface area contributed by atoms with Gasteiger partial charge in [-0.3, -0.25) is 0 Å². The molecule has 0 radical (unpaired) electrons. The number of nitrogen functional groups attached to an aromatic ring is 1. The number of pyridine rings is 1. The summed E-state index contributed by atoms with van der Waals surface area (Å²) in [5, 5.41) is 4.28. The van der Waals surface area contributed by atoms with Crippen LogP contribution in [0.3, 0.4) is 0 Å². The summed E-state index contributed by atoms with van der Waals surface area (Å²) in [7, 11) is 7.69. The Balaban J connectivity index is 1.52. The molecular formula is C28H33FN6O2. The highest BCUT2D eigenvalue weighted by atomic mass is 19.1. The van der Waals surface area contributed by atoms with Crippen molar-refractivity contribution in [3.8, 4) is 16.9 Å². The Labute approximate surface area is 216 Å². The number of para-hydroxylation sites is 1. The van der Waals surface area contributed by atoms with Gasteiger partial charge in [0, 0.05) is 54.8 Å². The molecule has 0 aliphatic carbocycles. The Morgan fingerprint density at radius 2 is 1.97 bits per heavy atom. The van der Waals surface area contributed by atoms with Crippen molar-refractivity contribution >= 4 is 33.8 Å². The van der Waals surface area contributed by atoms with E-state index in [4.69, 9.17) is 15.2 Å². The molecule has 194 valence electrons. The lowest BCUT2D eigenvalue weighted by Crippen LogP contribution is -2.29. The van der Waals surface area contributed by atoms with Crippen LogP contribution in [0.2, 0.25) is 0 Å². The fourth-order valence-electron chi connectivity index (χ4n) is 4.88. The molecule has 9 heteroatoms. The molecule has 5 rings (SSSR count). The number of ether oxygens (including phenoxy) is 2. The fraction of sp³-hybridized carbons (Fsp3) is 0.321. The first-order valence-corrected chi connectivity index (χ1v) is 12.3. The van der Waals surface area contributed by atoms with Crippen LogP contribution in [0.25, 0.3) is 22.0 Å². The number of hydrogen-bond acceptors (Lipinski definition) is 7. The van der Waals surface area contributed by atoms with E-state index in [0.717, 1.165) is 47.5 Å². The van der Waals surface area contributed by atoms with Gasteiger partial charge in [0.2, 0.25) is 0 Å². The Hall–Kier alpha value is -3.82. The minimum absolute atomic E-state index is 0.389. The van der Waals surface area contributed by atoms with Crippen molar-refractivity contribution in [2.24, 2.45) is 0 Å². The van der Waals surface area contributed by atoms with Crippen LogP contribution in [-0.4, -0.2) is 62.4 Å². The topological polar surface area (TPSA) is 80.8 Å². The van der Waals surface area contributed by atoms with Crippen molar-refractivity contribution in [2.75, 3.05) is 63.9 Å². The fourth-order valence-corrected chi connectivity index (χ4v) is 4.88. The minimum Gasteiger partial charge on any atom is -0.494 e. The molecule has 0 bridgehead atoms. The molecule has 0 unspecified atom stereocenters. The lowest BCUT2D eigenvalue weighted by Gasteiger charge is -2.24. The number of halogens is 1. The number of hydrogen-bond donors (Lipinski definition) is 2. The van der Waals surface area contributed by atoms with Gasteiger partial charge in [-0.25, -0.2) is 9.37 Å². The molecule has 3 N–H and O–H groups in total. The van der Waals surface area contributed by atoms with Gasteiger partial charge in [-0.05, 0) is 32.3 Å². The molecular weight excluding hydrogens is 471 g/mol. The number of likely N-dealkylation sites (N-methyl/N-ethyl adjacent to an activating group) is 2. The summed E-state index contributed by atoms with van der Waals surface area (Å²) in [6.07, 6.45) is 1.25. The summed E-state index contributed by atoms with van der Waals surface area (Å²) in [5.74, 6) is 0.719. The van der Waals surface area contributed by atoms with E-state index in [1.165, 1.54) is 6.20 Å². The van der Waals surface area contributed by atoms with Gasteiger partial charge in [0.05, 0.1) is 49.3 Å². The Morgan fingerprint density at radius 3 is 2.76 bits per heavy atom. The van der Waals surface area contributed by atoms with Crippen LogP contribution in [-0.2, 0) is 17.9 Å². The number of aromatic nitrogens is 2. The number of methoxy groups -OCH3 is 1. The second-order valence-corrected chi connectivity index (χ2v) is 9.55. The number of benzene rings is 2. The van der Waals surface area contributed by atoms with Crippen LogP contribution >= 0.6 is 0 Å². The normalized spacial score (nSPS) is 13.1. The highest BCUT2D eigenvalue weighted by Crippen LogP contribution is 2.40. The van der Waals surface area contributed by atoms with Gasteiger partial charge in [-0.2, -0.15) is 0 Å². The summed E-state index contributed by atoms with van der Waals surface area (Å²) in [6.45, 7) is 3.51. The smallest absolute Gasteiger partial charge is 0.149 e. The highest BCUT2D eigenvalue weighted by Gasteiger charge is 2.24. The predicted molar refractivity (Wildman–Crippen MR) is 147 cm³/mol. The van der Waals surface area contributed by atoms with Gasteiger partial charge < -0.3 is 34.9 Å². The monoisotopic (exact) mass is 504 g/mol. The van der Waals surface area contributed by atoms with E-state index in [1.807, 2.05) is 51.5 Å². The van der Waals surface area contributed by atoms with E-state index in [2.05, 4.69) is 30.7 Å². The summed E-state index contributed by atoms with van der Waals surface area (Å²) in [5.41, 5.74) is 11.9. The average molecular weight is 505 g/mol. The SMILES string of the molecule is COc1cc(N(C)CCN(C)C)c(N)cc1Nc1cc(-c2c3n(c4ccccc24)CCOC3)c(F)cn1. The molecule has 3 heterocycles. The third kappa shape index (κ3) is 4.80. The number of nitrogens with two attached hydrogens (primary N) is 1. The van der Waals surface area contributed by atoms with Crippen LogP contribution in [0.5, 0.6) is 5.75 Å². The van der Waals surface area contributed by atoms with Crippen molar-refractivity contribution in [3.05, 3.63) is 60.2 Å². The quantitative estimate of drug-likeness (QED) is 0.337. The second-order valence-electron chi connectivity index (χ2n) is 9.55. The summed E-state index contributed by atoms with van der Waals surface area (Å²) < 4.78 is 28.9. The largest absolute Gasteiger partial charge is 0.494 e. The maximum absolute atomic E-state index is 15.3. The van der Waals surface area contributed by atoms with Crippen LogP contribution in [0.1, 0.15) is 5.69 Å². The molecule has 2 aromatic carbocycles. The lowest BCUT2D eigenvalue weighted by molar-refractivity contribution is 0.0869. The first-order valence-electron chi connectivity index (χ1n) is 12.3. The van der Waals surface area contributed by atoms with Crippen LogP contribution in [0.4, 0.5) is 27.3 Å². The zero-order chi connectivity index (χ0) is 26.1. The zero-order valence-corrected chi connectivity index (χ0v) is 21.7. The van der Waals surface area contributed by atoms with Gasteiger partial charge >= 0.3 is 0 Å². The Bertz CT molecular complexity index is 1430. The van der Waals surface area contributed by atoms with Gasteiger partial charge in [0.1, 0.15) is 17.4 Å². The van der Waals surface area contributed by atoms with Crippen LogP contribution < -0.4 is 20.7 Å². The van der Waals surface area contributed by atoms with E-state index >= 15 is 4.39 Å². The van der Waals surface area contributed by atoms with Crippen molar-refractivity contribution in [2.45, 2.75) is 13.2 Å². The molecule has 4 aromatic rings. The highest BCUT2D eigenvalue weighted by molar-refractivity contribution is 5.98. The predicted octanol–water partition coefficient (Wildman–Crippen LogP) is 4.70. The third-order valence-electron chi connectivity index (χ3n) is 6.81. The molecule has 37 heavy (non-hydrogen) atoms. The molecule has 8 nitrogen and oxygen atoms in total. The molecule has 0 fully saturated rings. The van der Waals surface area contributed by atoms with E-state index in [0.29, 0.717) is 41.7 Å². The molecule has 1 aliphatic heterocycles. The number of nitrogens with zero attached hydrogens (tertiary/aromatic N) is 4. The first-order chi connectivity index (χ1) is 17.9. The standard InChI is InChI=1S/C28H33FN6O2/c1-33(2)9-10-34(3)24-15-26(36-4)22(14-21(24)30)32-27-13-19(20(29)16-31-27)28-18-7-5-6-8-23(18)35-11-12-37-17-25(28)35/h5-8,13-16H,9-12,17,30H2,1-4H3,(H,31,32). The number of nitrogens with one attached hydrogen (secondary N) is 1. The van der Waals surface area contributed by atoms with Crippen LogP contribution in [0.15, 0.2) is 48.7 Å². The molecule has 2 aromatic heterocycles. The lowest BCUT2D eigenvalue weighted by atomic mass is 10.0. The molecule has 1 aliphatic rings. The second kappa shape index (κ2) is 10.3. The maximum Gasteiger partial charge on any atom is 0.149 e. The molecule has 0 atom stereocenters. The van der Waals surface area contributed by atoms with Gasteiger partial charge in [0.15, 0.2) is 0 Å². The van der Waals surface area contributed by atoms with Crippen molar-refractivity contribution in [1.82, 2.24) is 14.5 Å². The Morgan fingerprint density at radius 1 is 1.16 bits per heavy atom. The summed E-state index contributed by atoms with van der Waals surface area (Å²) in [6, 6.07) is 13.5. The van der Waals surface area contributed by atoms with Crippen molar-refractivity contribution in [1.29, 1.82) is 0 Å². The summed E-state index contributed by atoms with van der Waals surface area (Å²) >= 11 is 0. The van der Waals surface area contributed by atoms with Gasteiger partial charge in [-0.1, -0.05) is 18.2 Å². The number of anilines is 4. The molecule has 0 saturated carbocycles. The van der Waals surface area contributed by atoms with Crippen LogP contribution in [0, 0.1) is 5.82 Å². The average Bonchev–Trinajstić information content (AvgIpc) is 3.23. The van der Waals surface area contributed by atoms with Crippen molar-refractivity contribution < 1.29 is 13.9 Å². The van der Waals surface area contributed by atoms with E-state index in [9.17, 15) is 0 Å². The number of rotatable bonds is 8. The first kappa shape index (κ1) is 24.9. The third-order valence-corrected chi connectivity index (χ3v) is 6.81. The maximum atomic E-state index is 15.3. The van der Waals surface area contributed by atoms with E-state index < -0.39 is 0 Å². The van der Waals surface area contributed by atoms with E-state index in [1.54, 1.807) is 13.2 Å². The van der Waals surface area contributed by atoms with Crippen molar-refractivity contribution in [3.63, 3.8) is 0 Å². The molecule has 0 spiro atoms. The summed E-state index contributed by atoms with van der Waals surface area (Å²) in [4.78, 5) is 8.53.